The summed E-state index contributed by atoms with van der Waals surface area (Å²) in [4.78, 5) is 4.96. The second-order valence-electron chi connectivity index (χ2n) is 5.62. The SMILES string of the molecule is CSC1=Nc2ccccc2C1(c1ccccc1)c1ccccc1. The zero-order valence-corrected chi connectivity index (χ0v) is 13.8. The van der Waals surface area contributed by atoms with Crippen molar-refractivity contribution in [2.45, 2.75) is 5.41 Å². The van der Waals surface area contributed by atoms with E-state index in [2.05, 4.69) is 91.2 Å². The van der Waals surface area contributed by atoms with E-state index in [0.717, 1.165) is 10.7 Å². The molecule has 2 heteroatoms. The fraction of sp³-hybridized carbons (Fsp3) is 0.0952. The van der Waals surface area contributed by atoms with Crippen molar-refractivity contribution in [1.82, 2.24) is 0 Å². The molecule has 4 rings (SSSR count). The summed E-state index contributed by atoms with van der Waals surface area (Å²) in [5, 5.41) is 1.14. The van der Waals surface area contributed by atoms with Crippen molar-refractivity contribution < 1.29 is 0 Å². The molecule has 112 valence electrons. The Labute approximate surface area is 141 Å². The molecule has 0 spiro atoms. The lowest BCUT2D eigenvalue weighted by Gasteiger charge is -2.33. The number of nitrogens with zero attached hydrogens (tertiary/aromatic N) is 1. The van der Waals surface area contributed by atoms with Crippen LogP contribution in [0.2, 0.25) is 0 Å². The first kappa shape index (κ1) is 14.3. The standard InChI is InChI=1S/C21H17NS/c1-23-20-21(16-10-4-2-5-11-16,17-12-6-3-7-13-17)18-14-8-9-15-19(18)22-20/h2-15H,1H3. The fourth-order valence-electron chi connectivity index (χ4n) is 3.50. The van der Waals surface area contributed by atoms with E-state index in [-0.39, 0.29) is 5.41 Å². The molecule has 3 aromatic carbocycles. The van der Waals surface area contributed by atoms with E-state index in [9.17, 15) is 0 Å². The highest BCUT2D eigenvalue weighted by atomic mass is 32.2. The Hall–Kier alpha value is -2.32. The number of benzene rings is 3. The van der Waals surface area contributed by atoms with Crippen LogP contribution in [0.5, 0.6) is 0 Å². The third-order valence-corrected chi connectivity index (χ3v) is 5.24. The minimum Gasteiger partial charge on any atom is -0.245 e. The molecule has 1 aliphatic rings. The van der Waals surface area contributed by atoms with Gasteiger partial charge >= 0.3 is 0 Å². The summed E-state index contributed by atoms with van der Waals surface area (Å²) in [6, 6.07) is 29.9. The van der Waals surface area contributed by atoms with Gasteiger partial charge in [0.1, 0.15) is 0 Å². The quantitative estimate of drug-likeness (QED) is 0.614. The first-order chi connectivity index (χ1) is 11.4. The van der Waals surface area contributed by atoms with Gasteiger partial charge in [0.05, 0.1) is 16.1 Å². The van der Waals surface area contributed by atoms with Gasteiger partial charge in [-0.15, -0.1) is 11.8 Å². The Bertz CT molecular complexity index is 814. The summed E-state index contributed by atoms with van der Waals surface area (Å²) >= 11 is 1.74. The summed E-state index contributed by atoms with van der Waals surface area (Å²) in [5.41, 5.74) is 4.57. The summed E-state index contributed by atoms with van der Waals surface area (Å²) in [6.07, 6.45) is 2.12. The Balaban J connectivity index is 2.10. The average Bonchev–Trinajstić information content (AvgIpc) is 2.98. The molecule has 0 fully saturated rings. The van der Waals surface area contributed by atoms with Crippen LogP contribution in [-0.2, 0) is 5.41 Å². The summed E-state index contributed by atoms with van der Waals surface area (Å²) in [5.74, 6) is 0. The molecule has 1 nitrogen and oxygen atoms in total. The highest BCUT2D eigenvalue weighted by Gasteiger charge is 2.46. The molecular weight excluding hydrogens is 298 g/mol. The third kappa shape index (κ3) is 2.06. The monoisotopic (exact) mass is 315 g/mol. The Morgan fingerprint density at radius 1 is 0.696 bits per heavy atom. The molecular formula is C21H17NS. The highest BCUT2D eigenvalue weighted by molar-refractivity contribution is 8.13. The fourth-order valence-corrected chi connectivity index (χ4v) is 4.34. The van der Waals surface area contributed by atoms with Crippen molar-refractivity contribution in [3.8, 4) is 0 Å². The minimum atomic E-state index is -0.307. The molecule has 0 aliphatic carbocycles. The lowest BCUT2D eigenvalue weighted by Crippen LogP contribution is -2.34. The van der Waals surface area contributed by atoms with Crippen LogP contribution in [-0.4, -0.2) is 11.3 Å². The molecule has 0 N–H and O–H groups in total. The largest absolute Gasteiger partial charge is 0.245 e. The van der Waals surface area contributed by atoms with E-state index in [4.69, 9.17) is 4.99 Å². The smallest absolute Gasteiger partial charge is 0.0956 e. The number of aliphatic imine (C=N–C) groups is 1. The number of fused-ring (bicyclic) bond motifs is 1. The molecule has 0 radical (unpaired) electrons. The van der Waals surface area contributed by atoms with Gasteiger partial charge in [0.25, 0.3) is 0 Å². The lowest BCUT2D eigenvalue weighted by molar-refractivity contribution is 0.863. The Morgan fingerprint density at radius 2 is 1.22 bits per heavy atom. The maximum atomic E-state index is 4.96. The van der Waals surface area contributed by atoms with Gasteiger partial charge in [-0.2, -0.15) is 0 Å². The number of para-hydroxylation sites is 1. The molecule has 23 heavy (non-hydrogen) atoms. The summed E-state index contributed by atoms with van der Waals surface area (Å²) in [7, 11) is 0. The van der Waals surface area contributed by atoms with Crippen molar-refractivity contribution in [3.05, 3.63) is 102 Å². The second-order valence-corrected chi connectivity index (χ2v) is 6.42. The number of rotatable bonds is 2. The van der Waals surface area contributed by atoms with Crippen LogP contribution in [0.25, 0.3) is 0 Å². The molecule has 0 atom stereocenters. The van der Waals surface area contributed by atoms with Gasteiger partial charge < -0.3 is 0 Å². The maximum Gasteiger partial charge on any atom is 0.0956 e. The van der Waals surface area contributed by atoms with Gasteiger partial charge in [-0.3, -0.25) is 0 Å². The molecule has 0 bridgehead atoms. The lowest BCUT2D eigenvalue weighted by atomic mass is 9.71. The topological polar surface area (TPSA) is 12.4 Å². The molecule has 0 aromatic heterocycles. The number of hydrogen-bond donors (Lipinski definition) is 0. The Morgan fingerprint density at radius 3 is 1.78 bits per heavy atom. The first-order valence-corrected chi connectivity index (χ1v) is 8.93. The highest BCUT2D eigenvalue weighted by Crippen LogP contribution is 2.51. The molecule has 0 saturated heterocycles. The number of hydrogen-bond acceptors (Lipinski definition) is 2. The Kier molecular flexibility index (Phi) is 3.55. The van der Waals surface area contributed by atoms with Crippen LogP contribution in [0.15, 0.2) is 89.9 Å². The predicted molar refractivity (Wildman–Crippen MR) is 99.8 cm³/mol. The van der Waals surface area contributed by atoms with Crippen LogP contribution in [0.1, 0.15) is 16.7 Å². The van der Waals surface area contributed by atoms with Crippen LogP contribution < -0.4 is 0 Å². The molecule has 0 saturated carbocycles. The molecule has 1 aliphatic heterocycles. The van der Waals surface area contributed by atoms with Crippen LogP contribution in [0.3, 0.4) is 0 Å². The molecule has 1 heterocycles. The van der Waals surface area contributed by atoms with E-state index in [0.29, 0.717) is 0 Å². The van der Waals surface area contributed by atoms with Gasteiger partial charge in [-0.25, -0.2) is 4.99 Å². The molecule has 0 amide bonds. The first-order valence-electron chi connectivity index (χ1n) is 7.71. The van der Waals surface area contributed by atoms with Crippen molar-refractivity contribution in [2.75, 3.05) is 6.26 Å². The van der Waals surface area contributed by atoms with Crippen molar-refractivity contribution in [2.24, 2.45) is 4.99 Å². The van der Waals surface area contributed by atoms with Gasteiger partial charge in [0.2, 0.25) is 0 Å². The van der Waals surface area contributed by atoms with Crippen molar-refractivity contribution in [1.29, 1.82) is 0 Å². The van der Waals surface area contributed by atoms with Gasteiger partial charge in [-0.1, -0.05) is 78.9 Å². The van der Waals surface area contributed by atoms with E-state index in [1.54, 1.807) is 11.8 Å². The van der Waals surface area contributed by atoms with Crippen LogP contribution in [0.4, 0.5) is 5.69 Å². The van der Waals surface area contributed by atoms with Gasteiger partial charge in [0, 0.05) is 0 Å². The third-order valence-electron chi connectivity index (χ3n) is 4.46. The average molecular weight is 315 g/mol. The predicted octanol–water partition coefficient (Wildman–Crippen LogP) is 5.43. The second kappa shape index (κ2) is 5.71. The van der Waals surface area contributed by atoms with E-state index in [1.165, 1.54) is 16.7 Å². The normalized spacial score (nSPS) is 15.1. The van der Waals surface area contributed by atoms with E-state index in [1.807, 2.05) is 0 Å². The van der Waals surface area contributed by atoms with Crippen LogP contribution >= 0.6 is 11.8 Å². The van der Waals surface area contributed by atoms with Crippen LogP contribution in [0, 0.1) is 0 Å². The maximum absolute atomic E-state index is 4.96. The zero-order chi connectivity index (χ0) is 15.7. The summed E-state index contributed by atoms with van der Waals surface area (Å²) in [6.45, 7) is 0. The van der Waals surface area contributed by atoms with Gasteiger partial charge in [0.15, 0.2) is 0 Å². The van der Waals surface area contributed by atoms with Gasteiger partial charge in [-0.05, 0) is 29.0 Å². The molecule has 3 aromatic rings. The van der Waals surface area contributed by atoms with E-state index >= 15 is 0 Å². The zero-order valence-electron chi connectivity index (χ0n) is 12.9. The summed E-state index contributed by atoms with van der Waals surface area (Å²) < 4.78 is 0. The van der Waals surface area contributed by atoms with E-state index < -0.39 is 0 Å². The van der Waals surface area contributed by atoms with Crippen molar-refractivity contribution in [3.63, 3.8) is 0 Å². The van der Waals surface area contributed by atoms with Crippen molar-refractivity contribution >= 4 is 22.5 Å². The minimum absolute atomic E-state index is 0.307. The number of thioether (sulfide) groups is 1. The molecule has 0 unspecified atom stereocenters.